The Morgan fingerprint density at radius 2 is 1.65 bits per heavy atom. The number of aliphatic hydroxyl groups excluding tert-OH is 2. The second-order valence-corrected chi connectivity index (χ2v) is 10.6. The second kappa shape index (κ2) is 11.9. The molecule has 1 radical (unpaired) electrons. The molecule has 0 amide bonds. The first-order chi connectivity index (χ1) is 13.6. The van der Waals surface area contributed by atoms with E-state index in [2.05, 4.69) is 6.92 Å². The van der Waals surface area contributed by atoms with Gasteiger partial charge in [-0.15, -0.1) is 0 Å². The van der Waals surface area contributed by atoms with Crippen LogP contribution in [0.3, 0.4) is 0 Å². The van der Waals surface area contributed by atoms with Crippen molar-refractivity contribution >= 4 is 17.5 Å². The maximum Gasteiger partial charge on any atom is 0.303 e. The maximum absolute atomic E-state index is 13.6. The molecule has 4 rings (SSSR count). The number of hydrogen-bond donors (Lipinski definition) is 2. The molecule has 4 aliphatic rings. The van der Waals surface area contributed by atoms with Crippen LogP contribution in [0.4, 0.5) is 0 Å². The standard InChI is InChI=1S/C23H34O6.Co.4H2O/c1-13(25)29-23(19(28)12-24)9-7-17-16-5-4-14-10-15(26)6-8-21(14,2)20(16)18(27)11-22(17,23)3;;;;;/h14-17,20,24,26H,4-12H2,1-3H3;;4*1H2/t14-,15-,16+,17+,20-,21+,22+,23+;;;;;/m1...../s1. The van der Waals surface area contributed by atoms with E-state index in [-0.39, 0.29) is 80.2 Å². The van der Waals surface area contributed by atoms with E-state index < -0.39 is 29.4 Å². The van der Waals surface area contributed by atoms with Gasteiger partial charge in [0.05, 0.1) is 6.10 Å². The van der Waals surface area contributed by atoms with E-state index in [9.17, 15) is 24.6 Å². The molecular formula is C23H42CoO10. The van der Waals surface area contributed by atoms with Gasteiger partial charge in [-0.3, -0.25) is 14.4 Å². The molecule has 0 aliphatic heterocycles. The molecule has 0 aromatic heterocycles. The zero-order chi connectivity index (χ0) is 21.2. The first kappa shape index (κ1) is 35.2. The van der Waals surface area contributed by atoms with Crippen LogP contribution >= 0.6 is 0 Å². The number of ketones is 2. The van der Waals surface area contributed by atoms with E-state index in [0.29, 0.717) is 12.3 Å². The largest absolute Gasteiger partial charge is 0.451 e. The number of carbonyl (C=O) groups is 3. The average molecular weight is 538 g/mol. The summed E-state index contributed by atoms with van der Waals surface area (Å²) in [7, 11) is 0. The number of ether oxygens (including phenoxy) is 1. The zero-order valence-electron chi connectivity index (χ0n) is 20.1. The topological polar surface area (TPSA) is 227 Å². The Balaban J connectivity index is 0. The Hall–Kier alpha value is -0.924. The molecule has 10 N–H and O–H groups in total. The molecule has 0 heterocycles. The van der Waals surface area contributed by atoms with Crippen molar-refractivity contribution in [2.24, 2.45) is 34.5 Å². The van der Waals surface area contributed by atoms with Crippen LogP contribution in [-0.2, 0) is 35.9 Å². The van der Waals surface area contributed by atoms with E-state index >= 15 is 0 Å². The minimum Gasteiger partial charge on any atom is -0.451 e. The van der Waals surface area contributed by atoms with Gasteiger partial charge in [-0.1, -0.05) is 13.8 Å². The van der Waals surface area contributed by atoms with Gasteiger partial charge < -0.3 is 36.9 Å². The molecule has 0 unspecified atom stereocenters. The summed E-state index contributed by atoms with van der Waals surface area (Å²) in [6.07, 6.45) is 5.33. The van der Waals surface area contributed by atoms with E-state index in [4.69, 9.17) is 4.74 Å². The van der Waals surface area contributed by atoms with Gasteiger partial charge in [0.25, 0.3) is 0 Å². The van der Waals surface area contributed by atoms with Crippen molar-refractivity contribution in [3.63, 3.8) is 0 Å². The third-order valence-corrected chi connectivity index (χ3v) is 9.36. The number of aliphatic hydroxyl groups is 2. The van der Waals surface area contributed by atoms with E-state index in [1.807, 2.05) is 6.92 Å². The smallest absolute Gasteiger partial charge is 0.303 e. The molecule has 34 heavy (non-hydrogen) atoms. The average Bonchev–Trinajstić information content (AvgIpc) is 2.93. The van der Waals surface area contributed by atoms with Crippen molar-refractivity contribution in [3.8, 4) is 0 Å². The third kappa shape index (κ3) is 4.73. The van der Waals surface area contributed by atoms with Gasteiger partial charge in [0.15, 0.2) is 5.60 Å². The molecule has 0 spiro atoms. The summed E-state index contributed by atoms with van der Waals surface area (Å²) in [5.41, 5.74) is -2.28. The molecule has 10 nitrogen and oxygen atoms in total. The maximum atomic E-state index is 13.6. The number of rotatable bonds is 3. The summed E-state index contributed by atoms with van der Waals surface area (Å²) in [5.74, 6) is -0.263. The second-order valence-electron chi connectivity index (χ2n) is 10.6. The third-order valence-electron chi connectivity index (χ3n) is 9.36. The summed E-state index contributed by atoms with van der Waals surface area (Å²) >= 11 is 0. The minimum atomic E-state index is -1.40. The molecule has 4 fully saturated rings. The fourth-order valence-electron chi connectivity index (χ4n) is 8.09. The number of hydrogen-bond acceptors (Lipinski definition) is 6. The van der Waals surface area contributed by atoms with Gasteiger partial charge in [0, 0.05) is 41.5 Å². The Morgan fingerprint density at radius 1 is 1.03 bits per heavy atom. The van der Waals surface area contributed by atoms with Crippen LogP contribution in [-0.4, -0.2) is 68.0 Å². The normalized spacial score (nSPS) is 41.8. The Labute approximate surface area is 210 Å². The Bertz CT molecular complexity index is 747. The quantitative estimate of drug-likeness (QED) is 0.435. The minimum absolute atomic E-state index is 0. The van der Waals surface area contributed by atoms with Crippen LogP contribution in [0.25, 0.3) is 0 Å². The van der Waals surface area contributed by atoms with Crippen molar-refractivity contribution in [2.45, 2.75) is 83.8 Å². The van der Waals surface area contributed by atoms with Gasteiger partial charge in [0.2, 0.25) is 5.78 Å². The van der Waals surface area contributed by atoms with Crippen LogP contribution in [0, 0.1) is 34.5 Å². The van der Waals surface area contributed by atoms with Crippen LogP contribution in [0.15, 0.2) is 0 Å². The van der Waals surface area contributed by atoms with Gasteiger partial charge >= 0.3 is 5.97 Å². The molecule has 0 aromatic carbocycles. The molecule has 0 saturated heterocycles. The van der Waals surface area contributed by atoms with Gasteiger partial charge in [-0.2, -0.15) is 0 Å². The first-order valence-corrected chi connectivity index (χ1v) is 11.1. The first-order valence-electron chi connectivity index (χ1n) is 11.1. The van der Waals surface area contributed by atoms with Crippen LogP contribution in [0.1, 0.15) is 72.1 Å². The molecule has 4 aliphatic carbocycles. The fourth-order valence-corrected chi connectivity index (χ4v) is 8.09. The monoisotopic (exact) mass is 537 g/mol. The predicted molar refractivity (Wildman–Crippen MR) is 119 cm³/mol. The molecule has 4 saturated carbocycles. The van der Waals surface area contributed by atoms with E-state index in [1.165, 1.54) is 6.92 Å². The summed E-state index contributed by atoms with van der Waals surface area (Å²) in [6.45, 7) is 4.76. The zero-order valence-corrected chi connectivity index (χ0v) is 21.2. The van der Waals surface area contributed by atoms with E-state index in [1.54, 1.807) is 0 Å². The summed E-state index contributed by atoms with van der Waals surface area (Å²) < 4.78 is 5.66. The Kier molecular flexibility index (Phi) is 12.3. The SMILES string of the molecule is CC(=O)O[C@]1(C(=O)CO)CC[C@H]2[C@@H]3CC[C@@H]4C[C@H](O)CC[C@]4(C)[C@H]3C(=O)C[C@@]21C.O.O.O.O.[Co]. The molecule has 8 atom stereocenters. The fraction of sp³-hybridized carbons (Fsp3) is 0.870. The van der Waals surface area contributed by atoms with Crippen molar-refractivity contribution in [1.82, 2.24) is 0 Å². The van der Waals surface area contributed by atoms with Crippen molar-refractivity contribution in [3.05, 3.63) is 0 Å². The molecule has 11 heteroatoms. The predicted octanol–water partition coefficient (Wildman–Crippen LogP) is -0.869. The summed E-state index contributed by atoms with van der Waals surface area (Å²) in [6, 6.07) is 0. The van der Waals surface area contributed by atoms with E-state index in [0.717, 1.165) is 38.5 Å². The Morgan fingerprint density at radius 3 is 2.21 bits per heavy atom. The number of fused-ring (bicyclic) bond motifs is 5. The van der Waals surface area contributed by atoms with Crippen molar-refractivity contribution in [2.75, 3.05) is 6.61 Å². The van der Waals surface area contributed by atoms with Gasteiger partial charge in [-0.25, -0.2) is 0 Å². The number of esters is 1. The van der Waals surface area contributed by atoms with Crippen molar-refractivity contribution in [1.29, 1.82) is 0 Å². The summed E-state index contributed by atoms with van der Waals surface area (Å²) in [5, 5.41) is 19.8. The molecule has 0 bridgehead atoms. The van der Waals surface area contributed by atoms with Gasteiger partial charge in [-0.05, 0) is 68.1 Å². The van der Waals surface area contributed by atoms with Crippen LogP contribution in [0.5, 0.6) is 0 Å². The summed E-state index contributed by atoms with van der Waals surface area (Å²) in [4.78, 5) is 38.4. The van der Waals surface area contributed by atoms with Gasteiger partial charge in [0.1, 0.15) is 12.4 Å². The molecule has 203 valence electrons. The van der Waals surface area contributed by atoms with Crippen LogP contribution in [0.2, 0.25) is 0 Å². The molecule has 0 aromatic rings. The number of Topliss-reactive ketones (excluding diaryl/α,β-unsaturated/α-hetero) is 2. The number of carbonyl (C=O) groups excluding carboxylic acids is 3. The molecular weight excluding hydrogens is 495 g/mol. The van der Waals surface area contributed by atoms with Crippen molar-refractivity contribution < 1.29 is 68.0 Å². The van der Waals surface area contributed by atoms with Crippen LogP contribution < -0.4 is 0 Å².